The van der Waals surface area contributed by atoms with Gasteiger partial charge in [0.2, 0.25) is 21.8 Å². The first kappa shape index (κ1) is 21.4. The van der Waals surface area contributed by atoms with Crippen molar-refractivity contribution < 1.29 is 18.0 Å². The summed E-state index contributed by atoms with van der Waals surface area (Å²) in [6.07, 6.45) is 1.15. The van der Waals surface area contributed by atoms with Gasteiger partial charge in [0.25, 0.3) is 0 Å². The third kappa shape index (κ3) is 5.77. The zero-order chi connectivity index (χ0) is 20.0. The molecule has 0 heterocycles. The molecule has 1 aliphatic rings. The number of sulfonamides is 1. The van der Waals surface area contributed by atoms with Crippen molar-refractivity contribution in [1.82, 2.24) is 14.9 Å². The van der Waals surface area contributed by atoms with Gasteiger partial charge >= 0.3 is 0 Å². The van der Waals surface area contributed by atoms with Crippen molar-refractivity contribution in [1.29, 1.82) is 0 Å². The monoisotopic (exact) mass is 395 g/mol. The summed E-state index contributed by atoms with van der Waals surface area (Å²) >= 11 is 0. The topological polar surface area (TPSA) is 95.6 Å². The summed E-state index contributed by atoms with van der Waals surface area (Å²) in [5, 5.41) is 5.56. The summed E-state index contributed by atoms with van der Waals surface area (Å²) in [5.41, 5.74) is 0.817. The van der Waals surface area contributed by atoms with Crippen LogP contribution < -0.4 is 10.6 Å². The van der Waals surface area contributed by atoms with Gasteiger partial charge in [0.1, 0.15) is 0 Å². The predicted molar refractivity (Wildman–Crippen MR) is 103 cm³/mol. The van der Waals surface area contributed by atoms with Crippen molar-refractivity contribution in [2.75, 3.05) is 19.6 Å². The van der Waals surface area contributed by atoms with E-state index in [0.29, 0.717) is 32.1 Å². The van der Waals surface area contributed by atoms with E-state index in [0.717, 1.165) is 12.0 Å². The molecule has 0 saturated heterocycles. The van der Waals surface area contributed by atoms with Crippen LogP contribution >= 0.6 is 0 Å². The Morgan fingerprint density at radius 1 is 1.11 bits per heavy atom. The van der Waals surface area contributed by atoms with Gasteiger partial charge in [-0.25, -0.2) is 8.42 Å². The molecule has 8 heteroatoms. The Morgan fingerprint density at radius 2 is 1.70 bits per heavy atom. The minimum Gasteiger partial charge on any atom is -0.355 e. The van der Waals surface area contributed by atoms with E-state index in [1.165, 1.54) is 4.31 Å². The number of amides is 2. The van der Waals surface area contributed by atoms with E-state index < -0.39 is 10.0 Å². The molecule has 0 bridgehead atoms. The highest BCUT2D eigenvalue weighted by Gasteiger charge is 2.38. The smallest absolute Gasteiger partial charge is 0.243 e. The van der Waals surface area contributed by atoms with Crippen molar-refractivity contribution in [3.05, 3.63) is 29.8 Å². The number of rotatable bonds is 10. The standard InChI is InChI=1S/C19H29N3O4S/c1-4-22(5-2)27(25,26)16-8-6-15(7-9-16)13-21-18(23)10-11-20-19(24)17-12-14(17)3/h6-9,14,17H,4-5,10-13H2,1-3H3,(H,20,24)(H,21,23). The quantitative estimate of drug-likeness (QED) is 0.627. The highest BCUT2D eigenvalue weighted by molar-refractivity contribution is 7.89. The molecule has 1 fully saturated rings. The van der Waals surface area contributed by atoms with Crippen molar-refractivity contribution in [3.63, 3.8) is 0 Å². The van der Waals surface area contributed by atoms with Crippen LogP contribution in [0.5, 0.6) is 0 Å². The van der Waals surface area contributed by atoms with E-state index in [-0.39, 0.29) is 29.0 Å². The van der Waals surface area contributed by atoms with Gasteiger partial charge in [-0.1, -0.05) is 32.9 Å². The molecule has 1 aromatic carbocycles. The average molecular weight is 396 g/mol. The lowest BCUT2D eigenvalue weighted by molar-refractivity contribution is -0.123. The van der Waals surface area contributed by atoms with Gasteiger partial charge < -0.3 is 10.6 Å². The van der Waals surface area contributed by atoms with Crippen LogP contribution in [0.2, 0.25) is 0 Å². The van der Waals surface area contributed by atoms with E-state index >= 15 is 0 Å². The Labute approximate surface area is 161 Å². The van der Waals surface area contributed by atoms with E-state index in [4.69, 9.17) is 0 Å². The fraction of sp³-hybridized carbons (Fsp3) is 0.579. The van der Waals surface area contributed by atoms with Gasteiger partial charge in [-0.3, -0.25) is 9.59 Å². The van der Waals surface area contributed by atoms with Gasteiger partial charge in [-0.2, -0.15) is 4.31 Å². The van der Waals surface area contributed by atoms with E-state index in [9.17, 15) is 18.0 Å². The number of nitrogens with zero attached hydrogens (tertiary/aromatic N) is 1. The highest BCUT2D eigenvalue weighted by atomic mass is 32.2. The zero-order valence-corrected chi connectivity index (χ0v) is 17.0. The Morgan fingerprint density at radius 3 is 2.22 bits per heavy atom. The first-order valence-corrected chi connectivity index (χ1v) is 10.9. The largest absolute Gasteiger partial charge is 0.355 e. The molecule has 2 unspecified atom stereocenters. The summed E-state index contributed by atoms with van der Waals surface area (Å²) in [6, 6.07) is 6.53. The first-order valence-electron chi connectivity index (χ1n) is 9.43. The molecule has 27 heavy (non-hydrogen) atoms. The Hall–Kier alpha value is -1.93. The Kier molecular flexibility index (Phi) is 7.38. The van der Waals surface area contributed by atoms with E-state index in [1.54, 1.807) is 38.1 Å². The molecule has 1 aromatic rings. The zero-order valence-electron chi connectivity index (χ0n) is 16.2. The van der Waals surface area contributed by atoms with Gasteiger partial charge in [0.15, 0.2) is 0 Å². The van der Waals surface area contributed by atoms with Crippen LogP contribution in [0, 0.1) is 11.8 Å². The molecule has 2 amide bonds. The second kappa shape index (κ2) is 9.32. The number of carbonyl (C=O) groups is 2. The van der Waals surface area contributed by atoms with Crippen LogP contribution in [-0.4, -0.2) is 44.2 Å². The van der Waals surface area contributed by atoms with Crippen LogP contribution in [0.25, 0.3) is 0 Å². The maximum atomic E-state index is 12.4. The summed E-state index contributed by atoms with van der Waals surface area (Å²) < 4.78 is 26.3. The number of carbonyl (C=O) groups excluding carboxylic acids is 2. The van der Waals surface area contributed by atoms with Gasteiger partial charge in [0, 0.05) is 38.5 Å². The van der Waals surface area contributed by atoms with Crippen LogP contribution in [0.4, 0.5) is 0 Å². The van der Waals surface area contributed by atoms with Gasteiger partial charge in [-0.15, -0.1) is 0 Å². The highest BCUT2D eigenvalue weighted by Crippen LogP contribution is 2.37. The third-order valence-electron chi connectivity index (χ3n) is 4.85. The number of hydrogen-bond donors (Lipinski definition) is 2. The van der Waals surface area contributed by atoms with Crippen molar-refractivity contribution in [2.24, 2.45) is 11.8 Å². The summed E-state index contributed by atoms with van der Waals surface area (Å²) in [5.74, 6) is 0.436. The second-order valence-electron chi connectivity index (χ2n) is 6.87. The van der Waals surface area contributed by atoms with Crippen LogP contribution in [0.1, 0.15) is 39.2 Å². The molecule has 0 aromatic heterocycles. The predicted octanol–water partition coefficient (Wildman–Crippen LogP) is 1.50. The Balaban J connectivity index is 1.77. The maximum Gasteiger partial charge on any atom is 0.243 e. The maximum absolute atomic E-state index is 12.4. The summed E-state index contributed by atoms with van der Waals surface area (Å²) in [7, 11) is -3.47. The average Bonchev–Trinajstić information content (AvgIpc) is 3.38. The molecule has 2 atom stereocenters. The molecular weight excluding hydrogens is 366 g/mol. The molecule has 2 rings (SSSR count). The van der Waals surface area contributed by atoms with Crippen LogP contribution in [0.3, 0.4) is 0 Å². The summed E-state index contributed by atoms with van der Waals surface area (Å²) in [6.45, 7) is 7.14. The van der Waals surface area contributed by atoms with Crippen LogP contribution in [-0.2, 0) is 26.2 Å². The van der Waals surface area contributed by atoms with Gasteiger partial charge in [-0.05, 0) is 30.0 Å². The molecule has 0 spiro atoms. The van der Waals surface area contributed by atoms with Crippen molar-refractivity contribution in [3.8, 4) is 0 Å². The number of hydrogen-bond acceptors (Lipinski definition) is 4. The first-order chi connectivity index (χ1) is 12.8. The van der Waals surface area contributed by atoms with Crippen molar-refractivity contribution >= 4 is 21.8 Å². The Bertz CT molecular complexity index is 758. The normalized spacial score (nSPS) is 19.0. The number of nitrogens with one attached hydrogen (secondary N) is 2. The van der Waals surface area contributed by atoms with Gasteiger partial charge in [0.05, 0.1) is 4.90 Å². The number of benzene rings is 1. The SMILES string of the molecule is CCN(CC)S(=O)(=O)c1ccc(CNC(=O)CCNC(=O)C2CC2C)cc1. The lowest BCUT2D eigenvalue weighted by Gasteiger charge is -2.18. The molecule has 2 N–H and O–H groups in total. The van der Waals surface area contributed by atoms with E-state index in [2.05, 4.69) is 10.6 Å². The molecule has 7 nitrogen and oxygen atoms in total. The minimum atomic E-state index is -3.47. The molecular formula is C19H29N3O4S. The molecule has 0 radical (unpaired) electrons. The minimum absolute atomic E-state index is 0.0281. The third-order valence-corrected chi connectivity index (χ3v) is 6.92. The molecule has 150 valence electrons. The molecule has 1 saturated carbocycles. The summed E-state index contributed by atoms with van der Waals surface area (Å²) in [4.78, 5) is 23.8. The molecule has 1 aliphatic carbocycles. The van der Waals surface area contributed by atoms with Crippen molar-refractivity contribution in [2.45, 2.75) is 45.1 Å². The lowest BCUT2D eigenvalue weighted by atomic mass is 10.2. The fourth-order valence-electron chi connectivity index (χ4n) is 2.90. The van der Waals surface area contributed by atoms with E-state index in [1.807, 2.05) is 6.92 Å². The molecule has 0 aliphatic heterocycles. The lowest BCUT2D eigenvalue weighted by Crippen LogP contribution is -2.31. The van der Waals surface area contributed by atoms with Crippen LogP contribution in [0.15, 0.2) is 29.2 Å². The fourth-order valence-corrected chi connectivity index (χ4v) is 4.36. The second-order valence-corrected chi connectivity index (χ2v) is 8.81.